The first-order chi connectivity index (χ1) is 13.3. The first-order valence-corrected chi connectivity index (χ1v) is 11.7. The fourth-order valence-electron chi connectivity index (χ4n) is 3.15. The summed E-state index contributed by atoms with van der Waals surface area (Å²) >= 11 is 7.15. The second kappa shape index (κ2) is 8.63. The van der Waals surface area contributed by atoms with Crippen molar-refractivity contribution in [2.45, 2.75) is 37.0 Å². The summed E-state index contributed by atoms with van der Waals surface area (Å²) in [5.41, 5.74) is 1.34. The minimum atomic E-state index is -3.61. The van der Waals surface area contributed by atoms with Gasteiger partial charge in [-0.2, -0.15) is 0 Å². The van der Waals surface area contributed by atoms with Crippen molar-refractivity contribution in [3.05, 3.63) is 45.3 Å². The summed E-state index contributed by atoms with van der Waals surface area (Å²) in [7, 11) is -2.30. The van der Waals surface area contributed by atoms with E-state index < -0.39 is 21.7 Å². The summed E-state index contributed by atoms with van der Waals surface area (Å²) in [4.78, 5) is 25.8. The number of hydrogen-bond acceptors (Lipinski definition) is 6. The standard InChI is InChI=1S/C19H20ClNO5S2/c1-26-19(23)17-14-4-2-3-5-15(14)27-18(17)21-16(22)10-11-28(24,25)13-8-6-12(20)7-9-13/h6-9H,2-5,10-11H2,1H3,(H,21,22). The highest BCUT2D eigenvalue weighted by molar-refractivity contribution is 7.91. The molecule has 1 N–H and O–H groups in total. The summed E-state index contributed by atoms with van der Waals surface area (Å²) in [6, 6.07) is 5.82. The number of thiophene rings is 1. The van der Waals surface area contributed by atoms with Crippen LogP contribution in [0.4, 0.5) is 5.00 Å². The number of ether oxygens (including phenoxy) is 1. The van der Waals surface area contributed by atoms with Gasteiger partial charge in [0.2, 0.25) is 5.91 Å². The van der Waals surface area contributed by atoms with Gasteiger partial charge in [0.25, 0.3) is 0 Å². The third-order valence-corrected chi connectivity index (χ3v) is 7.78. The molecule has 0 saturated carbocycles. The molecule has 1 amide bonds. The van der Waals surface area contributed by atoms with Crippen LogP contribution in [0.1, 0.15) is 40.1 Å². The van der Waals surface area contributed by atoms with E-state index in [2.05, 4.69) is 5.32 Å². The lowest BCUT2D eigenvalue weighted by molar-refractivity contribution is -0.115. The SMILES string of the molecule is COC(=O)c1c(NC(=O)CCS(=O)(=O)c2ccc(Cl)cc2)sc2c1CCCC2. The number of fused-ring (bicyclic) bond motifs is 1. The summed E-state index contributed by atoms with van der Waals surface area (Å²) in [6.07, 6.45) is 3.46. The molecule has 0 unspecified atom stereocenters. The highest BCUT2D eigenvalue weighted by atomic mass is 35.5. The molecule has 1 heterocycles. The van der Waals surface area contributed by atoms with Crippen molar-refractivity contribution >= 4 is 49.7 Å². The average molecular weight is 442 g/mol. The van der Waals surface area contributed by atoms with E-state index in [0.717, 1.165) is 36.1 Å². The maximum atomic E-state index is 12.4. The van der Waals surface area contributed by atoms with Gasteiger partial charge in [0.05, 0.1) is 23.3 Å². The molecule has 0 bridgehead atoms. The van der Waals surface area contributed by atoms with Crippen LogP contribution in [0.2, 0.25) is 5.02 Å². The van der Waals surface area contributed by atoms with Gasteiger partial charge in [-0.1, -0.05) is 11.6 Å². The number of aryl methyl sites for hydroxylation is 1. The zero-order chi connectivity index (χ0) is 20.3. The maximum Gasteiger partial charge on any atom is 0.341 e. The number of sulfone groups is 1. The number of benzene rings is 1. The zero-order valence-corrected chi connectivity index (χ0v) is 17.7. The fourth-order valence-corrected chi connectivity index (χ4v) is 5.81. The van der Waals surface area contributed by atoms with Gasteiger partial charge in [-0.25, -0.2) is 13.2 Å². The number of amides is 1. The van der Waals surface area contributed by atoms with Crippen molar-refractivity contribution in [3.8, 4) is 0 Å². The van der Waals surface area contributed by atoms with Crippen LogP contribution in [0.5, 0.6) is 0 Å². The van der Waals surface area contributed by atoms with Gasteiger partial charge in [-0.15, -0.1) is 11.3 Å². The first-order valence-electron chi connectivity index (χ1n) is 8.83. The Balaban J connectivity index is 1.72. The molecular weight excluding hydrogens is 422 g/mol. The number of rotatable bonds is 6. The molecule has 1 aliphatic rings. The van der Waals surface area contributed by atoms with Crippen LogP contribution in [-0.2, 0) is 32.2 Å². The Kier molecular flexibility index (Phi) is 6.42. The van der Waals surface area contributed by atoms with Crippen LogP contribution in [0.3, 0.4) is 0 Å². The van der Waals surface area contributed by atoms with E-state index in [9.17, 15) is 18.0 Å². The lowest BCUT2D eigenvalue weighted by atomic mass is 9.95. The van der Waals surface area contributed by atoms with Gasteiger partial charge >= 0.3 is 5.97 Å². The molecule has 1 aromatic carbocycles. The smallest absolute Gasteiger partial charge is 0.341 e. The number of anilines is 1. The van der Waals surface area contributed by atoms with Crippen molar-refractivity contribution in [3.63, 3.8) is 0 Å². The normalized spacial score (nSPS) is 13.6. The topological polar surface area (TPSA) is 89.5 Å². The van der Waals surface area contributed by atoms with Crippen molar-refractivity contribution in [2.75, 3.05) is 18.2 Å². The molecule has 0 radical (unpaired) electrons. The Bertz CT molecular complexity index is 996. The van der Waals surface area contributed by atoms with Gasteiger partial charge in [0, 0.05) is 16.3 Å². The van der Waals surface area contributed by atoms with Gasteiger partial charge in [-0.05, 0) is 55.5 Å². The van der Waals surface area contributed by atoms with Gasteiger partial charge in [-0.3, -0.25) is 4.79 Å². The highest BCUT2D eigenvalue weighted by Gasteiger charge is 2.27. The van der Waals surface area contributed by atoms with Crippen LogP contribution in [-0.4, -0.2) is 33.2 Å². The molecule has 3 rings (SSSR count). The second-order valence-electron chi connectivity index (χ2n) is 6.48. The van der Waals surface area contributed by atoms with E-state index in [-0.39, 0.29) is 17.1 Å². The van der Waals surface area contributed by atoms with Crippen LogP contribution < -0.4 is 5.32 Å². The van der Waals surface area contributed by atoms with Crippen molar-refractivity contribution < 1.29 is 22.7 Å². The number of nitrogens with one attached hydrogen (secondary N) is 1. The van der Waals surface area contributed by atoms with E-state index in [4.69, 9.17) is 16.3 Å². The van der Waals surface area contributed by atoms with E-state index in [1.807, 2.05) is 0 Å². The lowest BCUT2D eigenvalue weighted by Crippen LogP contribution is -2.18. The average Bonchev–Trinajstić information content (AvgIpc) is 3.04. The number of methoxy groups -OCH3 is 1. The Morgan fingerprint density at radius 2 is 1.86 bits per heavy atom. The molecule has 0 fully saturated rings. The summed E-state index contributed by atoms with van der Waals surface area (Å²) in [5, 5.41) is 3.59. The van der Waals surface area contributed by atoms with Gasteiger partial charge < -0.3 is 10.1 Å². The number of carbonyl (C=O) groups excluding carboxylic acids is 2. The Morgan fingerprint density at radius 3 is 2.54 bits per heavy atom. The third-order valence-electron chi connectivity index (χ3n) is 4.58. The fraction of sp³-hybridized carbons (Fsp3) is 0.368. The first kappa shape index (κ1) is 20.8. The molecule has 1 aliphatic carbocycles. The number of carbonyl (C=O) groups is 2. The van der Waals surface area contributed by atoms with Crippen LogP contribution in [0.15, 0.2) is 29.2 Å². The predicted molar refractivity (Wildman–Crippen MR) is 109 cm³/mol. The number of halogens is 1. The molecule has 0 spiro atoms. The molecule has 9 heteroatoms. The highest BCUT2D eigenvalue weighted by Crippen LogP contribution is 2.38. The minimum Gasteiger partial charge on any atom is -0.465 e. The molecule has 28 heavy (non-hydrogen) atoms. The van der Waals surface area contributed by atoms with E-state index >= 15 is 0 Å². The van der Waals surface area contributed by atoms with E-state index in [0.29, 0.717) is 15.6 Å². The second-order valence-corrected chi connectivity index (χ2v) is 10.1. The summed E-state index contributed by atoms with van der Waals surface area (Å²) in [6.45, 7) is 0. The molecule has 1 aromatic heterocycles. The largest absolute Gasteiger partial charge is 0.465 e. The molecule has 150 valence electrons. The van der Waals surface area contributed by atoms with Gasteiger partial charge in [0.1, 0.15) is 5.00 Å². The summed E-state index contributed by atoms with van der Waals surface area (Å²) < 4.78 is 29.6. The Labute approximate surface area is 172 Å². The van der Waals surface area contributed by atoms with E-state index in [1.54, 1.807) is 0 Å². The zero-order valence-electron chi connectivity index (χ0n) is 15.3. The quantitative estimate of drug-likeness (QED) is 0.687. The Morgan fingerprint density at radius 1 is 1.18 bits per heavy atom. The molecule has 0 saturated heterocycles. The minimum absolute atomic E-state index is 0.117. The summed E-state index contributed by atoms with van der Waals surface area (Å²) in [5.74, 6) is -1.27. The third kappa shape index (κ3) is 4.56. The maximum absolute atomic E-state index is 12.4. The van der Waals surface area contributed by atoms with Crippen LogP contribution in [0.25, 0.3) is 0 Å². The number of esters is 1. The molecule has 0 aliphatic heterocycles. The van der Waals surface area contributed by atoms with Crippen LogP contribution in [0, 0.1) is 0 Å². The monoisotopic (exact) mass is 441 g/mol. The van der Waals surface area contributed by atoms with Crippen molar-refractivity contribution in [1.82, 2.24) is 0 Å². The lowest BCUT2D eigenvalue weighted by Gasteiger charge is -2.11. The van der Waals surface area contributed by atoms with Crippen LogP contribution >= 0.6 is 22.9 Å². The van der Waals surface area contributed by atoms with E-state index in [1.165, 1.54) is 42.7 Å². The molecule has 6 nitrogen and oxygen atoms in total. The molecular formula is C19H20ClNO5S2. The number of hydrogen-bond donors (Lipinski definition) is 1. The van der Waals surface area contributed by atoms with Crippen molar-refractivity contribution in [1.29, 1.82) is 0 Å². The van der Waals surface area contributed by atoms with Gasteiger partial charge in [0.15, 0.2) is 9.84 Å². The molecule has 0 atom stereocenters. The Hall–Kier alpha value is -1.90. The molecule has 2 aromatic rings. The predicted octanol–water partition coefficient (Wildman–Crippen LogP) is 3.87. The van der Waals surface area contributed by atoms with Crippen molar-refractivity contribution in [2.24, 2.45) is 0 Å².